The Balaban J connectivity index is 1.49. The summed E-state index contributed by atoms with van der Waals surface area (Å²) in [6.45, 7) is 5.15. The summed E-state index contributed by atoms with van der Waals surface area (Å²) >= 11 is 0. The van der Waals surface area contributed by atoms with Crippen molar-refractivity contribution in [3.8, 4) is 22.8 Å². The van der Waals surface area contributed by atoms with Gasteiger partial charge in [-0.2, -0.15) is 0 Å². The highest BCUT2D eigenvalue weighted by atomic mass is 16.5. The van der Waals surface area contributed by atoms with Crippen molar-refractivity contribution in [3.05, 3.63) is 72.2 Å². The molecule has 180 valence electrons. The van der Waals surface area contributed by atoms with Crippen molar-refractivity contribution in [2.75, 3.05) is 6.61 Å². The van der Waals surface area contributed by atoms with E-state index in [1.54, 1.807) is 6.20 Å². The van der Waals surface area contributed by atoms with Crippen LogP contribution in [0.3, 0.4) is 0 Å². The first kappa shape index (κ1) is 25.4. The van der Waals surface area contributed by atoms with Crippen molar-refractivity contribution in [1.29, 1.82) is 0 Å². The number of hydrogen-bond donors (Lipinski definition) is 0. The molecule has 0 radical (unpaired) electrons. The number of nitrogens with zero attached hydrogens (tertiary/aromatic N) is 2. The van der Waals surface area contributed by atoms with E-state index in [1.807, 2.05) is 48.5 Å². The fraction of sp³-hybridized carbons (Fsp3) is 0.414. The van der Waals surface area contributed by atoms with E-state index in [9.17, 15) is 4.79 Å². The van der Waals surface area contributed by atoms with Gasteiger partial charge in [0, 0.05) is 5.56 Å². The van der Waals surface area contributed by atoms with E-state index >= 15 is 0 Å². The number of aromatic nitrogens is 2. The number of carbonyl (C=O) groups is 1. The first-order valence-corrected chi connectivity index (χ1v) is 12.6. The number of rotatable bonds is 14. The quantitative estimate of drug-likeness (QED) is 0.142. The molecule has 0 N–H and O–H groups in total. The largest absolute Gasteiger partial charge is 0.494 e. The van der Waals surface area contributed by atoms with E-state index in [0.717, 1.165) is 30.8 Å². The summed E-state index contributed by atoms with van der Waals surface area (Å²) in [7, 11) is 0. The molecule has 3 rings (SSSR count). The van der Waals surface area contributed by atoms with Crippen molar-refractivity contribution in [3.63, 3.8) is 0 Å². The maximum atomic E-state index is 12.5. The maximum absolute atomic E-state index is 12.5. The highest BCUT2D eigenvalue weighted by Gasteiger charge is 2.12. The first-order valence-electron chi connectivity index (χ1n) is 12.6. The van der Waals surface area contributed by atoms with Crippen LogP contribution in [0.15, 0.2) is 60.9 Å². The zero-order valence-corrected chi connectivity index (χ0v) is 20.5. The molecular formula is C29H36N2O3. The molecule has 0 spiro atoms. The minimum absolute atomic E-state index is 0.180. The summed E-state index contributed by atoms with van der Waals surface area (Å²) < 4.78 is 11.3. The van der Waals surface area contributed by atoms with Gasteiger partial charge in [0.1, 0.15) is 11.5 Å². The normalized spacial score (nSPS) is 10.8. The van der Waals surface area contributed by atoms with Crippen LogP contribution in [-0.4, -0.2) is 22.5 Å². The fourth-order valence-electron chi connectivity index (χ4n) is 3.66. The van der Waals surface area contributed by atoms with Crippen molar-refractivity contribution < 1.29 is 14.3 Å². The van der Waals surface area contributed by atoms with Gasteiger partial charge in [-0.05, 0) is 61.2 Å². The van der Waals surface area contributed by atoms with E-state index in [2.05, 4.69) is 23.8 Å². The van der Waals surface area contributed by atoms with Crippen LogP contribution in [0.25, 0.3) is 11.3 Å². The lowest BCUT2D eigenvalue weighted by atomic mass is 10.1. The molecule has 0 unspecified atom stereocenters. The lowest BCUT2D eigenvalue weighted by molar-refractivity contribution is 0.0728. The van der Waals surface area contributed by atoms with E-state index in [-0.39, 0.29) is 5.69 Å². The summed E-state index contributed by atoms with van der Waals surface area (Å²) in [4.78, 5) is 21.1. The molecule has 1 aromatic heterocycles. The molecule has 0 amide bonds. The standard InChI is InChI=1S/C29H36N2O3/c1-3-5-7-9-11-23-12-16-26(17-13-23)34-29(32)28-22-30-27(21-31-28)24-14-18-25(19-15-24)33-20-10-8-6-4-2/h12-19,21-22H,3-11,20H2,1-2H3. The van der Waals surface area contributed by atoms with Gasteiger partial charge in [0.2, 0.25) is 0 Å². The lowest BCUT2D eigenvalue weighted by Crippen LogP contribution is -2.11. The molecule has 1 heterocycles. The van der Waals surface area contributed by atoms with E-state index < -0.39 is 5.97 Å². The molecule has 3 aromatic rings. The maximum Gasteiger partial charge on any atom is 0.363 e. The number of carbonyl (C=O) groups excluding carboxylic acids is 1. The number of ether oxygens (including phenoxy) is 2. The smallest absolute Gasteiger partial charge is 0.363 e. The van der Waals surface area contributed by atoms with Gasteiger partial charge >= 0.3 is 5.97 Å². The fourth-order valence-corrected chi connectivity index (χ4v) is 3.66. The molecular weight excluding hydrogens is 424 g/mol. The summed E-state index contributed by atoms with van der Waals surface area (Å²) in [5, 5.41) is 0. The van der Waals surface area contributed by atoms with Gasteiger partial charge in [0.25, 0.3) is 0 Å². The molecule has 34 heavy (non-hydrogen) atoms. The Morgan fingerprint density at radius 2 is 1.41 bits per heavy atom. The third-order valence-electron chi connectivity index (χ3n) is 5.73. The van der Waals surface area contributed by atoms with Crippen molar-refractivity contribution >= 4 is 5.97 Å². The van der Waals surface area contributed by atoms with Gasteiger partial charge in [-0.3, -0.25) is 4.98 Å². The van der Waals surface area contributed by atoms with E-state index in [0.29, 0.717) is 11.4 Å². The highest BCUT2D eigenvalue weighted by Crippen LogP contribution is 2.21. The predicted molar refractivity (Wildman–Crippen MR) is 136 cm³/mol. The van der Waals surface area contributed by atoms with E-state index in [1.165, 1.54) is 56.7 Å². The van der Waals surface area contributed by atoms with Crippen LogP contribution in [0.5, 0.6) is 11.5 Å². The summed E-state index contributed by atoms with van der Waals surface area (Å²) in [6, 6.07) is 15.5. The summed E-state index contributed by atoms with van der Waals surface area (Å²) in [6.07, 6.45) is 13.8. The molecule has 5 heteroatoms. The van der Waals surface area contributed by atoms with Crippen molar-refractivity contribution in [2.24, 2.45) is 0 Å². The van der Waals surface area contributed by atoms with Gasteiger partial charge in [0.05, 0.1) is 24.7 Å². The molecule has 0 aliphatic rings. The Bertz CT molecular complexity index is 983. The minimum Gasteiger partial charge on any atom is -0.494 e. The monoisotopic (exact) mass is 460 g/mol. The number of benzene rings is 2. The summed E-state index contributed by atoms with van der Waals surface area (Å²) in [5.41, 5.74) is 3.05. The van der Waals surface area contributed by atoms with Crippen molar-refractivity contribution in [1.82, 2.24) is 9.97 Å². The second kappa shape index (κ2) is 14.1. The van der Waals surface area contributed by atoms with Gasteiger partial charge in [0.15, 0.2) is 5.69 Å². The third kappa shape index (κ3) is 8.29. The second-order valence-corrected chi connectivity index (χ2v) is 8.56. The third-order valence-corrected chi connectivity index (χ3v) is 5.73. The number of hydrogen-bond acceptors (Lipinski definition) is 5. The van der Waals surface area contributed by atoms with E-state index in [4.69, 9.17) is 9.47 Å². The van der Waals surface area contributed by atoms with Gasteiger partial charge in [-0.25, -0.2) is 9.78 Å². The van der Waals surface area contributed by atoms with Crippen LogP contribution in [0.1, 0.15) is 81.3 Å². The highest BCUT2D eigenvalue weighted by molar-refractivity contribution is 5.88. The van der Waals surface area contributed by atoms with Gasteiger partial charge in [-0.1, -0.05) is 64.5 Å². The Kier molecular flexibility index (Phi) is 10.6. The minimum atomic E-state index is -0.512. The Labute approximate surface area is 203 Å². The Morgan fingerprint density at radius 3 is 2.06 bits per heavy atom. The van der Waals surface area contributed by atoms with Crippen molar-refractivity contribution in [2.45, 2.75) is 71.6 Å². The Hall–Kier alpha value is -3.21. The predicted octanol–water partition coefficient (Wildman–Crippen LogP) is 7.44. The molecule has 0 atom stereocenters. The van der Waals surface area contributed by atoms with Gasteiger partial charge < -0.3 is 9.47 Å². The molecule has 0 fully saturated rings. The zero-order chi connectivity index (χ0) is 24.0. The van der Waals surface area contributed by atoms with Crippen LogP contribution in [0, 0.1) is 0 Å². The topological polar surface area (TPSA) is 61.3 Å². The van der Waals surface area contributed by atoms with Crippen LogP contribution < -0.4 is 9.47 Å². The molecule has 2 aromatic carbocycles. The van der Waals surface area contributed by atoms with Crippen LogP contribution in [0.2, 0.25) is 0 Å². The SMILES string of the molecule is CCCCCCOc1ccc(-c2cnc(C(=O)Oc3ccc(CCCCCC)cc3)cn2)cc1. The molecule has 0 aliphatic carbocycles. The number of esters is 1. The number of unbranched alkanes of at least 4 members (excludes halogenated alkanes) is 6. The summed E-state index contributed by atoms with van der Waals surface area (Å²) in [5.74, 6) is 0.848. The average molecular weight is 461 g/mol. The van der Waals surface area contributed by atoms with Crippen LogP contribution in [-0.2, 0) is 6.42 Å². The molecule has 0 saturated heterocycles. The molecule has 0 aliphatic heterocycles. The second-order valence-electron chi connectivity index (χ2n) is 8.56. The lowest BCUT2D eigenvalue weighted by Gasteiger charge is -2.08. The average Bonchev–Trinajstić information content (AvgIpc) is 2.88. The molecule has 0 bridgehead atoms. The van der Waals surface area contributed by atoms with Crippen LogP contribution >= 0.6 is 0 Å². The molecule has 5 nitrogen and oxygen atoms in total. The number of aryl methyl sites for hydroxylation is 1. The zero-order valence-electron chi connectivity index (χ0n) is 20.5. The molecule has 0 saturated carbocycles. The van der Waals surface area contributed by atoms with Crippen LogP contribution in [0.4, 0.5) is 0 Å². The van der Waals surface area contributed by atoms with Gasteiger partial charge in [-0.15, -0.1) is 0 Å². The Morgan fingerprint density at radius 1 is 0.735 bits per heavy atom. The first-order chi connectivity index (χ1) is 16.7.